The van der Waals surface area contributed by atoms with Crippen LogP contribution in [0, 0.1) is 6.10 Å². The Bertz CT molecular complexity index is 1630. The average Bonchev–Trinajstić information content (AvgIpc) is 3.41. The summed E-state index contributed by atoms with van der Waals surface area (Å²) in [6.45, 7) is 12.3. The van der Waals surface area contributed by atoms with Gasteiger partial charge in [0.15, 0.2) is 5.79 Å². The van der Waals surface area contributed by atoms with Crippen molar-refractivity contribution in [3.63, 3.8) is 0 Å². The van der Waals surface area contributed by atoms with E-state index in [4.69, 9.17) is 28.4 Å². The predicted octanol–water partition coefficient (Wildman–Crippen LogP) is 7.42. The lowest BCUT2D eigenvalue weighted by Gasteiger charge is -2.45. The first-order chi connectivity index (χ1) is 25.6. The second-order valence-corrected chi connectivity index (χ2v) is 15.5. The highest BCUT2D eigenvalue weighted by Crippen LogP contribution is 2.44. The Kier molecular flexibility index (Phi) is 13.5. The molecule has 4 aromatic carbocycles. The van der Waals surface area contributed by atoms with Crippen molar-refractivity contribution in [2.75, 3.05) is 53.4 Å². The van der Waals surface area contributed by atoms with Gasteiger partial charge in [0.1, 0.15) is 23.9 Å². The summed E-state index contributed by atoms with van der Waals surface area (Å²) in [5.74, 6) is -0.894. The number of hydrogen-bond acceptors (Lipinski definition) is 7. The Hall–Kier alpha value is -3.44. The van der Waals surface area contributed by atoms with Gasteiger partial charge in [-0.15, -0.1) is 0 Å². The van der Waals surface area contributed by atoms with Crippen molar-refractivity contribution < 1.29 is 32.9 Å². The minimum Gasteiger partial charge on any atom is -0.374 e. The van der Waals surface area contributed by atoms with Crippen molar-refractivity contribution in [3.8, 4) is 0 Å². The summed E-state index contributed by atoms with van der Waals surface area (Å²) in [6, 6.07) is 41.1. The molecule has 2 aliphatic heterocycles. The normalized spacial score (nSPS) is 22.5. The number of quaternary nitrogens is 1. The molecule has 4 atom stereocenters. The maximum absolute atomic E-state index is 7.16. The van der Waals surface area contributed by atoms with Crippen molar-refractivity contribution in [1.82, 2.24) is 4.90 Å². The fourth-order valence-corrected chi connectivity index (χ4v) is 7.26. The van der Waals surface area contributed by atoms with Crippen LogP contribution in [0.15, 0.2) is 121 Å². The molecular formula is C45H58N2O6+. The molecule has 2 fully saturated rings. The fourth-order valence-electron chi connectivity index (χ4n) is 7.26. The highest BCUT2D eigenvalue weighted by Gasteiger charge is 2.60. The van der Waals surface area contributed by atoms with E-state index in [0.717, 1.165) is 59.0 Å². The van der Waals surface area contributed by atoms with Gasteiger partial charge in [-0.25, -0.2) is 0 Å². The lowest BCUT2D eigenvalue weighted by molar-refractivity contribution is -0.894. The van der Waals surface area contributed by atoms with Gasteiger partial charge >= 0.3 is 0 Å². The SMILES string of the molecule is C[C@H]1OC(C)(C)O[C@@]1(COCc1ccccc1)C(OCc1ccccc1)C(OCc1ccccc1)[C](CN1CC[N+](C)(C)CC1)OCc1ccccc1. The molecule has 0 aromatic heterocycles. The van der Waals surface area contributed by atoms with Gasteiger partial charge in [0.05, 0.1) is 66.3 Å². The first kappa shape index (κ1) is 39.3. The van der Waals surface area contributed by atoms with E-state index in [-0.39, 0.29) is 6.61 Å². The zero-order chi connectivity index (χ0) is 37.2. The van der Waals surface area contributed by atoms with Gasteiger partial charge < -0.3 is 32.9 Å². The third-order valence-corrected chi connectivity index (χ3v) is 10.3. The van der Waals surface area contributed by atoms with E-state index in [1.54, 1.807) is 0 Å². The van der Waals surface area contributed by atoms with Crippen LogP contribution in [0.1, 0.15) is 43.0 Å². The molecule has 1 radical (unpaired) electrons. The highest BCUT2D eigenvalue weighted by atomic mass is 16.8. The second kappa shape index (κ2) is 18.3. The maximum Gasteiger partial charge on any atom is 0.164 e. The molecule has 0 N–H and O–H groups in total. The van der Waals surface area contributed by atoms with Crippen LogP contribution in [0.3, 0.4) is 0 Å². The summed E-state index contributed by atoms with van der Waals surface area (Å²) in [4.78, 5) is 2.48. The number of likely N-dealkylation sites (N-methyl/N-ethyl adjacent to an activating group) is 1. The van der Waals surface area contributed by atoms with Crippen molar-refractivity contribution in [2.45, 2.75) is 76.9 Å². The Labute approximate surface area is 317 Å². The maximum atomic E-state index is 7.16. The third-order valence-electron chi connectivity index (χ3n) is 10.3. The number of rotatable bonds is 18. The summed E-state index contributed by atoms with van der Waals surface area (Å²) < 4.78 is 42.5. The number of hydrogen-bond donors (Lipinski definition) is 0. The van der Waals surface area contributed by atoms with Gasteiger partial charge in [-0.1, -0.05) is 121 Å². The van der Waals surface area contributed by atoms with Gasteiger partial charge in [-0.3, -0.25) is 4.90 Å². The monoisotopic (exact) mass is 722 g/mol. The summed E-state index contributed by atoms with van der Waals surface area (Å²) in [7, 11) is 4.60. The highest BCUT2D eigenvalue weighted by molar-refractivity contribution is 5.18. The zero-order valence-electron chi connectivity index (χ0n) is 32.2. The van der Waals surface area contributed by atoms with Crippen molar-refractivity contribution in [1.29, 1.82) is 0 Å². The van der Waals surface area contributed by atoms with Crippen molar-refractivity contribution in [2.24, 2.45) is 0 Å². The summed E-state index contributed by atoms with van der Waals surface area (Å²) >= 11 is 0. The molecular weight excluding hydrogens is 665 g/mol. The molecule has 8 heteroatoms. The molecule has 53 heavy (non-hydrogen) atoms. The van der Waals surface area contributed by atoms with Gasteiger partial charge in [0.2, 0.25) is 0 Å². The largest absolute Gasteiger partial charge is 0.374 e. The predicted molar refractivity (Wildman–Crippen MR) is 207 cm³/mol. The molecule has 2 unspecified atom stereocenters. The topological polar surface area (TPSA) is 58.6 Å². The van der Waals surface area contributed by atoms with E-state index in [0.29, 0.717) is 33.0 Å². The van der Waals surface area contributed by atoms with Crippen LogP contribution >= 0.6 is 0 Å². The molecule has 0 spiro atoms. The molecule has 2 aliphatic rings. The van der Waals surface area contributed by atoms with E-state index >= 15 is 0 Å². The van der Waals surface area contributed by atoms with Gasteiger partial charge in [0.25, 0.3) is 0 Å². The van der Waals surface area contributed by atoms with E-state index in [2.05, 4.69) is 74.4 Å². The Morgan fingerprint density at radius 1 is 0.698 bits per heavy atom. The Morgan fingerprint density at radius 3 is 1.66 bits per heavy atom. The molecule has 0 amide bonds. The van der Waals surface area contributed by atoms with E-state index in [1.165, 1.54) is 0 Å². The quantitative estimate of drug-likeness (QED) is 0.0992. The van der Waals surface area contributed by atoms with Crippen LogP contribution in [-0.2, 0) is 54.8 Å². The molecule has 0 aliphatic carbocycles. The Morgan fingerprint density at radius 2 is 1.17 bits per heavy atom. The second-order valence-electron chi connectivity index (χ2n) is 15.5. The van der Waals surface area contributed by atoms with Crippen LogP contribution in [0.25, 0.3) is 0 Å². The van der Waals surface area contributed by atoms with E-state index in [9.17, 15) is 0 Å². The molecule has 4 aromatic rings. The van der Waals surface area contributed by atoms with Gasteiger partial charge in [0, 0.05) is 19.6 Å². The van der Waals surface area contributed by atoms with Crippen molar-refractivity contribution >= 4 is 0 Å². The van der Waals surface area contributed by atoms with Crippen molar-refractivity contribution in [3.05, 3.63) is 150 Å². The fraction of sp³-hybridized carbons (Fsp3) is 0.444. The number of benzene rings is 4. The lowest BCUT2D eigenvalue weighted by atomic mass is 9.85. The Balaban J connectivity index is 1.41. The van der Waals surface area contributed by atoms with Crippen LogP contribution in [0.5, 0.6) is 0 Å². The summed E-state index contributed by atoms with van der Waals surface area (Å²) in [6.07, 6.45) is -0.924. The van der Waals surface area contributed by atoms with Gasteiger partial charge in [-0.2, -0.15) is 0 Å². The lowest BCUT2D eigenvalue weighted by Crippen LogP contribution is -2.62. The molecule has 2 heterocycles. The molecule has 6 rings (SSSR count). The minimum absolute atomic E-state index is 0.221. The minimum atomic E-state index is -1.06. The molecule has 2 saturated heterocycles. The first-order valence-electron chi connectivity index (χ1n) is 19.0. The first-order valence-corrected chi connectivity index (χ1v) is 19.0. The van der Waals surface area contributed by atoms with Crippen LogP contribution in [0.2, 0.25) is 0 Å². The smallest absolute Gasteiger partial charge is 0.164 e. The van der Waals surface area contributed by atoms with E-state index in [1.807, 2.05) is 86.6 Å². The van der Waals surface area contributed by atoms with Gasteiger partial charge in [-0.05, 0) is 43.0 Å². The summed E-state index contributed by atoms with van der Waals surface area (Å²) in [5, 5.41) is 0. The van der Waals surface area contributed by atoms with E-state index < -0.39 is 29.7 Å². The molecule has 8 nitrogen and oxygen atoms in total. The molecule has 283 valence electrons. The summed E-state index contributed by atoms with van der Waals surface area (Å²) in [5.41, 5.74) is 3.22. The van der Waals surface area contributed by atoms with Crippen LogP contribution < -0.4 is 0 Å². The van der Waals surface area contributed by atoms with Crippen LogP contribution in [-0.4, -0.2) is 92.5 Å². The molecule has 0 bridgehead atoms. The number of nitrogens with zero attached hydrogens (tertiary/aromatic N) is 2. The number of ether oxygens (including phenoxy) is 6. The zero-order valence-corrected chi connectivity index (χ0v) is 32.2. The standard InChI is InChI=1S/C45H58N2O6/c1-36-45(53-44(2,3)52-36,35-48-31-37-18-10-6-11-19-37)43(51-34-40-24-16-9-17-25-40)42(50-33-39-22-14-8-15-23-39)41(49-32-38-20-12-7-13-21-38)30-46-26-28-47(4,5)29-27-46/h6-25,36,42-43H,26-35H2,1-5H3/q+1/t36-,42?,43?,45-/m1/s1. The third kappa shape index (κ3) is 11.1. The van der Waals surface area contributed by atoms with Crippen LogP contribution in [0.4, 0.5) is 0 Å². The molecule has 0 saturated carbocycles. The average molecular weight is 723 g/mol. The number of piperazine rings is 1.